The predicted molar refractivity (Wildman–Crippen MR) is 68.4 cm³/mol. The average Bonchev–Trinajstić information content (AvgIpc) is 2.87. The number of benzene rings is 1. The van der Waals surface area contributed by atoms with E-state index < -0.39 is 0 Å². The standard InChI is InChI=1S/C14H20FNO2/c1-17-9-10-5-6-13(18-2)12(14(10)15)8-11-4-3-7-16-11/h5-6,11,16H,3-4,7-9H2,1-2H3. The molecule has 3 nitrogen and oxygen atoms in total. The van der Waals surface area contributed by atoms with Gasteiger partial charge in [-0.25, -0.2) is 4.39 Å². The summed E-state index contributed by atoms with van der Waals surface area (Å²) >= 11 is 0. The fraction of sp³-hybridized carbons (Fsp3) is 0.571. The molecule has 0 amide bonds. The van der Waals surface area contributed by atoms with E-state index in [0.29, 0.717) is 35.9 Å². The van der Waals surface area contributed by atoms with Crippen molar-refractivity contribution in [1.82, 2.24) is 5.32 Å². The quantitative estimate of drug-likeness (QED) is 0.873. The van der Waals surface area contributed by atoms with Gasteiger partial charge < -0.3 is 14.8 Å². The normalized spacial score (nSPS) is 19.2. The molecule has 1 heterocycles. The molecule has 18 heavy (non-hydrogen) atoms. The lowest BCUT2D eigenvalue weighted by molar-refractivity contribution is 0.181. The van der Waals surface area contributed by atoms with Gasteiger partial charge in [-0.3, -0.25) is 0 Å². The van der Waals surface area contributed by atoms with Crippen LogP contribution < -0.4 is 10.1 Å². The first kappa shape index (κ1) is 13.3. The van der Waals surface area contributed by atoms with Crippen LogP contribution in [-0.4, -0.2) is 26.8 Å². The number of halogens is 1. The minimum absolute atomic E-state index is 0.190. The lowest BCUT2D eigenvalue weighted by Crippen LogP contribution is -2.24. The van der Waals surface area contributed by atoms with E-state index in [4.69, 9.17) is 9.47 Å². The Kier molecular flexibility index (Phi) is 4.55. The average molecular weight is 253 g/mol. The van der Waals surface area contributed by atoms with Crippen molar-refractivity contribution in [3.05, 3.63) is 29.1 Å². The second-order valence-electron chi connectivity index (χ2n) is 4.65. The molecule has 0 spiro atoms. The SMILES string of the molecule is COCc1ccc(OC)c(CC2CCCN2)c1F. The third kappa shape index (κ3) is 2.82. The molecular formula is C14H20FNO2. The Hall–Kier alpha value is -1.13. The van der Waals surface area contributed by atoms with Gasteiger partial charge in [-0.1, -0.05) is 6.07 Å². The third-order valence-electron chi connectivity index (χ3n) is 3.41. The first-order valence-electron chi connectivity index (χ1n) is 6.32. The van der Waals surface area contributed by atoms with Crippen molar-refractivity contribution in [2.45, 2.75) is 31.9 Å². The van der Waals surface area contributed by atoms with Gasteiger partial charge in [0.15, 0.2) is 0 Å². The van der Waals surface area contributed by atoms with E-state index in [1.165, 1.54) is 0 Å². The highest BCUT2D eigenvalue weighted by Gasteiger charge is 2.20. The maximum absolute atomic E-state index is 14.4. The Morgan fingerprint density at radius 3 is 2.83 bits per heavy atom. The van der Waals surface area contributed by atoms with E-state index in [2.05, 4.69) is 5.32 Å². The molecular weight excluding hydrogens is 233 g/mol. The molecule has 4 heteroatoms. The summed E-state index contributed by atoms with van der Waals surface area (Å²) in [4.78, 5) is 0. The highest BCUT2D eigenvalue weighted by Crippen LogP contribution is 2.27. The molecule has 1 fully saturated rings. The number of ether oxygens (including phenoxy) is 2. The number of hydrogen-bond acceptors (Lipinski definition) is 3. The number of nitrogens with one attached hydrogen (secondary N) is 1. The van der Waals surface area contributed by atoms with Gasteiger partial charge in [0, 0.05) is 24.3 Å². The summed E-state index contributed by atoms with van der Waals surface area (Å²) in [7, 11) is 3.15. The molecule has 100 valence electrons. The minimum atomic E-state index is -0.190. The number of rotatable bonds is 5. The van der Waals surface area contributed by atoms with Crippen LogP contribution in [0, 0.1) is 5.82 Å². The van der Waals surface area contributed by atoms with Crippen molar-refractivity contribution in [1.29, 1.82) is 0 Å². The van der Waals surface area contributed by atoms with Crippen LogP contribution in [-0.2, 0) is 17.8 Å². The van der Waals surface area contributed by atoms with E-state index in [1.807, 2.05) is 6.07 Å². The van der Waals surface area contributed by atoms with Gasteiger partial charge in [0.05, 0.1) is 13.7 Å². The molecule has 0 saturated carbocycles. The summed E-state index contributed by atoms with van der Waals surface area (Å²) < 4.78 is 24.6. The van der Waals surface area contributed by atoms with E-state index in [-0.39, 0.29) is 5.82 Å². The Balaban J connectivity index is 2.25. The molecule has 1 aromatic carbocycles. The van der Waals surface area contributed by atoms with E-state index in [9.17, 15) is 4.39 Å². The summed E-state index contributed by atoms with van der Waals surface area (Å²) in [6.07, 6.45) is 2.93. The fourth-order valence-electron chi connectivity index (χ4n) is 2.48. The second-order valence-corrected chi connectivity index (χ2v) is 4.65. The molecule has 0 aromatic heterocycles. The van der Waals surface area contributed by atoms with Crippen LogP contribution in [0.5, 0.6) is 5.75 Å². The van der Waals surface area contributed by atoms with Crippen LogP contribution in [0.3, 0.4) is 0 Å². The van der Waals surface area contributed by atoms with Gasteiger partial charge in [0.25, 0.3) is 0 Å². The van der Waals surface area contributed by atoms with Crippen molar-refractivity contribution >= 4 is 0 Å². The van der Waals surface area contributed by atoms with E-state index in [1.54, 1.807) is 20.3 Å². The lowest BCUT2D eigenvalue weighted by atomic mass is 10.0. The van der Waals surface area contributed by atoms with Crippen LogP contribution in [0.2, 0.25) is 0 Å². The molecule has 1 atom stereocenters. The summed E-state index contributed by atoms with van der Waals surface area (Å²) in [6.45, 7) is 1.31. The first-order valence-corrected chi connectivity index (χ1v) is 6.32. The smallest absolute Gasteiger partial charge is 0.135 e. The molecule has 2 rings (SSSR count). The van der Waals surface area contributed by atoms with Gasteiger partial charge in [0.2, 0.25) is 0 Å². The summed E-state index contributed by atoms with van der Waals surface area (Å²) in [5.41, 5.74) is 1.25. The van der Waals surface area contributed by atoms with Crippen molar-refractivity contribution in [2.24, 2.45) is 0 Å². The van der Waals surface area contributed by atoms with Gasteiger partial charge in [-0.2, -0.15) is 0 Å². The monoisotopic (exact) mass is 253 g/mol. The highest BCUT2D eigenvalue weighted by molar-refractivity contribution is 5.39. The molecule has 0 bridgehead atoms. The molecule has 0 aliphatic carbocycles. The molecule has 1 aromatic rings. The van der Waals surface area contributed by atoms with Crippen molar-refractivity contribution in [2.75, 3.05) is 20.8 Å². The summed E-state index contributed by atoms with van der Waals surface area (Å²) in [5, 5.41) is 3.38. The zero-order chi connectivity index (χ0) is 13.0. The molecule has 1 unspecified atom stereocenters. The van der Waals surface area contributed by atoms with Crippen molar-refractivity contribution < 1.29 is 13.9 Å². The van der Waals surface area contributed by atoms with E-state index in [0.717, 1.165) is 19.4 Å². The van der Waals surface area contributed by atoms with Crippen LogP contribution in [0.15, 0.2) is 12.1 Å². The highest BCUT2D eigenvalue weighted by atomic mass is 19.1. The predicted octanol–water partition coefficient (Wildman–Crippen LogP) is 2.28. The Bertz CT molecular complexity index is 403. The van der Waals surface area contributed by atoms with E-state index >= 15 is 0 Å². The third-order valence-corrected chi connectivity index (χ3v) is 3.41. The minimum Gasteiger partial charge on any atom is -0.496 e. The Morgan fingerprint density at radius 2 is 2.22 bits per heavy atom. The lowest BCUT2D eigenvalue weighted by Gasteiger charge is -2.16. The molecule has 1 aliphatic heterocycles. The zero-order valence-electron chi connectivity index (χ0n) is 11.0. The molecule has 0 radical (unpaired) electrons. The van der Waals surface area contributed by atoms with Crippen LogP contribution in [0.25, 0.3) is 0 Å². The van der Waals surface area contributed by atoms with Gasteiger partial charge in [-0.05, 0) is 31.9 Å². The number of methoxy groups -OCH3 is 2. The van der Waals surface area contributed by atoms with Crippen molar-refractivity contribution in [3.63, 3.8) is 0 Å². The first-order chi connectivity index (χ1) is 8.76. The van der Waals surface area contributed by atoms with Crippen LogP contribution >= 0.6 is 0 Å². The second kappa shape index (κ2) is 6.16. The summed E-state index contributed by atoms with van der Waals surface area (Å²) in [5.74, 6) is 0.436. The zero-order valence-corrected chi connectivity index (χ0v) is 11.0. The maximum atomic E-state index is 14.4. The Morgan fingerprint density at radius 1 is 1.39 bits per heavy atom. The van der Waals surface area contributed by atoms with Gasteiger partial charge in [-0.15, -0.1) is 0 Å². The molecule has 1 N–H and O–H groups in total. The van der Waals surface area contributed by atoms with Crippen LogP contribution in [0.1, 0.15) is 24.0 Å². The molecule has 1 aliphatic rings. The van der Waals surface area contributed by atoms with Gasteiger partial charge >= 0.3 is 0 Å². The Labute approximate surface area is 107 Å². The topological polar surface area (TPSA) is 30.5 Å². The molecule has 1 saturated heterocycles. The van der Waals surface area contributed by atoms with Crippen LogP contribution in [0.4, 0.5) is 4.39 Å². The fourth-order valence-corrected chi connectivity index (χ4v) is 2.48. The van der Waals surface area contributed by atoms with Crippen molar-refractivity contribution in [3.8, 4) is 5.75 Å². The van der Waals surface area contributed by atoms with Gasteiger partial charge in [0.1, 0.15) is 11.6 Å². The largest absolute Gasteiger partial charge is 0.496 e. The summed E-state index contributed by atoms with van der Waals surface area (Å²) in [6, 6.07) is 3.90. The number of hydrogen-bond donors (Lipinski definition) is 1. The maximum Gasteiger partial charge on any atom is 0.135 e.